The number of esters is 1. The lowest BCUT2D eigenvalue weighted by Crippen LogP contribution is -2.09. The molecule has 0 fully saturated rings. The number of benzene rings is 1. The van der Waals surface area contributed by atoms with E-state index in [0.717, 1.165) is 35.6 Å². The van der Waals surface area contributed by atoms with E-state index in [0.29, 0.717) is 16.7 Å². The minimum atomic E-state index is -0.491. The van der Waals surface area contributed by atoms with Crippen molar-refractivity contribution in [3.05, 3.63) is 40.4 Å². The van der Waals surface area contributed by atoms with Crippen LogP contribution in [-0.4, -0.2) is 32.1 Å². The molecule has 142 valence electrons. The summed E-state index contributed by atoms with van der Waals surface area (Å²) in [5.74, 6) is -0.218. The quantitative estimate of drug-likeness (QED) is 0.534. The van der Waals surface area contributed by atoms with E-state index in [1.54, 1.807) is 22.8 Å². The highest BCUT2D eigenvalue weighted by Crippen LogP contribution is 2.35. The molecule has 1 aliphatic carbocycles. The molecule has 1 aromatic carbocycles. The molecular weight excluding hydrogens is 374 g/mol. The first-order valence-electron chi connectivity index (χ1n) is 9.40. The molecule has 7 nitrogen and oxygen atoms in total. The van der Waals surface area contributed by atoms with E-state index in [4.69, 9.17) is 20.4 Å². The second kappa shape index (κ2) is 6.56. The van der Waals surface area contributed by atoms with Crippen molar-refractivity contribution in [3.63, 3.8) is 0 Å². The highest BCUT2D eigenvalue weighted by molar-refractivity contribution is 7.14. The van der Waals surface area contributed by atoms with Gasteiger partial charge in [-0.1, -0.05) is 12.1 Å². The Morgan fingerprint density at radius 3 is 2.68 bits per heavy atom. The Morgan fingerprint density at radius 2 is 1.93 bits per heavy atom. The van der Waals surface area contributed by atoms with Gasteiger partial charge in [-0.15, -0.1) is 11.3 Å². The highest BCUT2D eigenvalue weighted by Gasteiger charge is 2.28. The molecule has 3 aromatic heterocycles. The predicted octanol–water partition coefficient (Wildman–Crippen LogP) is 3.67. The van der Waals surface area contributed by atoms with E-state index in [9.17, 15) is 4.79 Å². The summed E-state index contributed by atoms with van der Waals surface area (Å²) in [6.45, 7) is 2.03. The second-order valence-corrected chi connectivity index (χ2v) is 7.84. The van der Waals surface area contributed by atoms with Crippen LogP contribution in [0.25, 0.3) is 27.3 Å². The van der Waals surface area contributed by atoms with Gasteiger partial charge < -0.3 is 10.5 Å². The average Bonchev–Trinajstić information content (AvgIpc) is 3.23. The zero-order valence-electron chi connectivity index (χ0n) is 15.4. The van der Waals surface area contributed by atoms with Crippen molar-refractivity contribution in [1.29, 1.82) is 0 Å². The molecule has 3 heterocycles. The van der Waals surface area contributed by atoms with Crippen LogP contribution in [0.3, 0.4) is 0 Å². The Labute approximate surface area is 165 Å². The third-order valence-electron chi connectivity index (χ3n) is 5.00. The van der Waals surface area contributed by atoms with Crippen molar-refractivity contribution in [1.82, 2.24) is 19.5 Å². The van der Waals surface area contributed by atoms with Crippen LogP contribution in [0.5, 0.6) is 0 Å². The molecule has 0 unspecified atom stereocenters. The number of nitrogen functional groups attached to an aromatic ring is 1. The van der Waals surface area contributed by atoms with Crippen LogP contribution in [0, 0.1) is 0 Å². The van der Waals surface area contributed by atoms with Gasteiger partial charge >= 0.3 is 5.97 Å². The summed E-state index contributed by atoms with van der Waals surface area (Å²) in [7, 11) is 0. The number of fused-ring (bicyclic) bond motifs is 3. The number of aromatic nitrogens is 4. The smallest absolute Gasteiger partial charge is 0.344 e. The fourth-order valence-corrected chi connectivity index (χ4v) is 4.86. The van der Waals surface area contributed by atoms with Crippen molar-refractivity contribution in [2.45, 2.75) is 32.6 Å². The number of carbonyl (C=O) groups excluding carboxylic acids is 1. The van der Waals surface area contributed by atoms with Gasteiger partial charge in [0.1, 0.15) is 16.9 Å². The van der Waals surface area contributed by atoms with E-state index in [1.807, 2.05) is 24.3 Å². The summed E-state index contributed by atoms with van der Waals surface area (Å²) < 4.78 is 7.00. The molecule has 2 N–H and O–H groups in total. The van der Waals surface area contributed by atoms with Crippen LogP contribution in [0.15, 0.2) is 24.3 Å². The van der Waals surface area contributed by atoms with Crippen LogP contribution in [0.1, 0.15) is 40.7 Å². The Balaban J connectivity index is 1.82. The number of nitrogens with zero attached hydrogens (tertiary/aromatic N) is 4. The number of carbonyl (C=O) groups is 1. The second-order valence-electron chi connectivity index (χ2n) is 6.77. The lowest BCUT2D eigenvalue weighted by atomic mass is 10.0. The molecule has 0 spiro atoms. The number of hydrogen-bond donors (Lipinski definition) is 1. The van der Waals surface area contributed by atoms with Gasteiger partial charge in [0.2, 0.25) is 0 Å². The molecule has 28 heavy (non-hydrogen) atoms. The highest BCUT2D eigenvalue weighted by atomic mass is 32.1. The number of thiazole rings is 1. The zero-order valence-corrected chi connectivity index (χ0v) is 16.3. The van der Waals surface area contributed by atoms with E-state index in [1.165, 1.54) is 11.3 Å². The minimum Gasteiger partial charge on any atom is -0.462 e. The molecule has 0 bridgehead atoms. The molecule has 0 aliphatic heterocycles. The van der Waals surface area contributed by atoms with Gasteiger partial charge in [-0.3, -0.25) is 4.57 Å². The van der Waals surface area contributed by atoms with Gasteiger partial charge in [0.05, 0.1) is 23.3 Å². The van der Waals surface area contributed by atoms with Crippen molar-refractivity contribution in [2.75, 3.05) is 12.3 Å². The van der Waals surface area contributed by atoms with Crippen molar-refractivity contribution in [2.24, 2.45) is 0 Å². The first-order chi connectivity index (χ1) is 13.7. The van der Waals surface area contributed by atoms with Gasteiger partial charge in [0.25, 0.3) is 0 Å². The summed E-state index contributed by atoms with van der Waals surface area (Å²) in [4.78, 5) is 28.2. The molecule has 0 amide bonds. The number of hydrogen-bond acceptors (Lipinski definition) is 7. The fraction of sp³-hybridized carbons (Fsp3) is 0.300. The van der Waals surface area contributed by atoms with Gasteiger partial charge in [-0.25, -0.2) is 19.7 Å². The van der Waals surface area contributed by atoms with Gasteiger partial charge in [0.15, 0.2) is 10.8 Å². The zero-order chi connectivity index (χ0) is 19.3. The molecule has 5 rings (SSSR count). The fourth-order valence-electron chi connectivity index (χ4n) is 3.69. The minimum absolute atomic E-state index is 0.253. The van der Waals surface area contributed by atoms with Gasteiger partial charge in [0, 0.05) is 4.88 Å². The number of nitrogens with two attached hydrogens (primary N) is 1. The van der Waals surface area contributed by atoms with E-state index in [2.05, 4.69) is 4.98 Å². The largest absolute Gasteiger partial charge is 0.462 e. The summed E-state index contributed by atoms with van der Waals surface area (Å²) >= 11 is 1.61. The molecule has 0 atom stereocenters. The van der Waals surface area contributed by atoms with E-state index < -0.39 is 5.97 Å². The lowest BCUT2D eigenvalue weighted by molar-refractivity contribution is 0.0529. The number of ether oxygens (including phenoxy) is 1. The number of anilines is 1. The third-order valence-corrected chi connectivity index (χ3v) is 6.15. The molecule has 1 aliphatic rings. The van der Waals surface area contributed by atoms with Gasteiger partial charge in [-0.2, -0.15) is 0 Å². The normalized spacial score (nSPS) is 13.8. The molecule has 8 heteroatoms. The molecular formula is C20H19N5O2S. The first-order valence-corrected chi connectivity index (χ1v) is 10.2. The van der Waals surface area contributed by atoms with Crippen LogP contribution in [-0.2, 0) is 17.6 Å². The van der Waals surface area contributed by atoms with Gasteiger partial charge in [-0.05, 0) is 44.7 Å². The van der Waals surface area contributed by atoms with Crippen molar-refractivity contribution in [3.8, 4) is 5.13 Å². The lowest BCUT2D eigenvalue weighted by Gasteiger charge is -2.06. The first kappa shape index (κ1) is 17.1. The van der Waals surface area contributed by atoms with Crippen molar-refractivity contribution < 1.29 is 9.53 Å². The summed E-state index contributed by atoms with van der Waals surface area (Å²) in [6.07, 6.45) is 4.33. The topological polar surface area (TPSA) is 95.9 Å². The Morgan fingerprint density at radius 1 is 1.18 bits per heavy atom. The molecule has 0 saturated heterocycles. The van der Waals surface area contributed by atoms with Crippen LogP contribution < -0.4 is 5.73 Å². The molecule has 0 saturated carbocycles. The van der Waals surface area contributed by atoms with Crippen LogP contribution in [0.2, 0.25) is 0 Å². The van der Waals surface area contributed by atoms with Crippen LogP contribution >= 0.6 is 11.3 Å². The third kappa shape index (κ3) is 2.56. The Bertz CT molecular complexity index is 1200. The molecule has 4 aromatic rings. The van der Waals surface area contributed by atoms with Crippen molar-refractivity contribution >= 4 is 45.3 Å². The Kier molecular flexibility index (Phi) is 4.01. The maximum atomic E-state index is 12.7. The summed E-state index contributed by atoms with van der Waals surface area (Å²) in [5, 5.41) is 0.731. The summed E-state index contributed by atoms with van der Waals surface area (Å²) in [5.41, 5.74) is 10.3. The van der Waals surface area contributed by atoms with Crippen LogP contribution in [0.4, 0.5) is 5.82 Å². The maximum absolute atomic E-state index is 12.7. The standard InChI is InChI=1S/C20H19N5O2S/c1-2-27-19(26)15-16-18(23-12-8-4-3-7-11(12)22-16)25(17(15)21)20-24-13-9-5-6-10-14(13)28-20/h3-4,7-8H,2,5-6,9-10,21H2,1H3. The number of aryl methyl sites for hydroxylation is 2. The average molecular weight is 393 g/mol. The Hall–Kier alpha value is -3.00. The monoisotopic (exact) mass is 393 g/mol. The van der Waals surface area contributed by atoms with E-state index >= 15 is 0 Å². The molecule has 0 radical (unpaired) electrons. The maximum Gasteiger partial charge on any atom is 0.344 e. The summed E-state index contributed by atoms with van der Waals surface area (Å²) in [6, 6.07) is 7.56. The van der Waals surface area contributed by atoms with E-state index in [-0.39, 0.29) is 18.0 Å². The number of rotatable bonds is 3. The predicted molar refractivity (Wildman–Crippen MR) is 109 cm³/mol. The number of para-hydroxylation sites is 2. The SMILES string of the molecule is CCOC(=O)c1c(N)n(-c2nc3c(s2)CCCC3)c2nc3ccccc3nc12.